The summed E-state index contributed by atoms with van der Waals surface area (Å²) in [5, 5.41) is 2.98. The van der Waals surface area contributed by atoms with E-state index in [1.807, 2.05) is 42.5 Å². The van der Waals surface area contributed by atoms with E-state index < -0.39 is 0 Å². The van der Waals surface area contributed by atoms with Gasteiger partial charge in [-0.05, 0) is 55.5 Å². The molecule has 1 fully saturated rings. The fraction of sp³-hybridized carbons (Fsp3) is 0.364. The van der Waals surface area contributed by atoms with Crippen molar-refractivity contribution in [2.24, 2.45) is 5.73 Å². The molecule has 2 aromatic carbocycles. The topological polar surface area (TPSA) is 75.4 Å². The van der Waals surface area contributed by atoms with Gasteiger partial charge in [-0.1, -0.05) is 42.5 Å². The Kier molecular flexibility index (Phi) is 6.60. The predicted molar refractivity (Wildman–Crippen MR) is 107 cm³/mol. The molecule has 1 atom stereocenters. The molecule has 0 bridgehead atoms. The third-order valence-electron chi connectivity index (χ3n) is 5.00. The number of rotatable bonds is 8. The largest absolute Gasteiger partial charge is 0.368 e. The summed E-state index contributed by atoms with van der Waals surface area (Å²) in [6, 6.07) is 17.8. The first kappa shape index (κ1) is 19.1. The van der Waals surface area contributed by atoms with Gasteiger partial charge in [-0.15, -0.1) is 0 Å². The van der Waals surface area contributed by atoms with Crippen LogP contribution in [0.15, 0.2) is 54.6 Å². The van der Waals surface area contributed by atoms with Gasteiger partial charge in [0.2, 0.25) is 11.8 Å². The van der Waals surface area contributed by atoms with E-state index in [-0.39, 0.29) is 17.9 Å². The molecular weight excluding hydrogens is 338 g/mol. The summed E-state index contributed by atoms with van der Waals surface area (Å²) in [5.41, 5.74) is 8.61. The van der Waals surface area contributed by atoms with Gasteiger partial charge < -0.3 is 11.1 Å². The zero-order valence-electron chi connectivity index (χ0n) is 15.6. The third kappa shape index (κ3) is 5.66. The Morgan fingerprint density at radius 1 is 1.07 bits per heavy atom. The lowest BCUT2D eigenvalue weighted by Crippen LogP contribution is -2.39. The summed E-state index contributed by atoms with van der Waals surface area (Å²) in [4.78, 5) is 25.9. The molecule has 0 aromatic heterocycles. The molecule has 5 nitrogen and oxygen atoms in total. The Hall–Kier alpha value is -2.66. The van der Waals surface area contributed by atoms with Crippen molar-refractivity contribution < 1.29 is 9.59 Å². The maximum absolute atomic E-state index is 12.2. The van der Waals surface area contributed by atoms with E-state index in [9.17, 15) is 9.59 Å². The maximum atomic E-state index is 12.2. The minimum Gasteiger partial charge on any atom is -0.368 e. The van der Waals surface area contributed by atoms with Crippen LogP contribution in [-0.2, 0) is 22.6 Å². The Labute approximate surface area is 160 Å². The highest BCUT2D eigenvalue weighted by molar-refractivity contribution is 5.90. The number of anilines is 1. The van der Waals surface area contributed by atoms with Gasteiger partial charge in [0, 0.05) is 18.7 Å². The summed E-state index contributed by atoms with van der Waals surface area (Å²) in [6.45, 7) is 1.55. The highest BCUT2D eigenvalue weighted by Crippen LogP contribution is 2.21. The minimum atomic E-state index is -0.254. The van der Waals surface area contributed by atoms with E-state index in [4.69, 9.17) is 5.73 Å². The monoisotopic (exact) mass is 365 g/mol. The first-order valence-corrected chi connectivity index (χ1v) is 9.58. The lowest BCUT2D eigenvalue weighted by Gasteiger charge is -2.22. The molecule has 5 heteroatoms. The number of nitrogens with two attached hydrogens (primary N) is 1. The molecule has 0 spiro atoms. The van der Waals surface area contributed by atoms with E-state index in [1.165, 1.54) is 5.56 Å². The molecule has 1 saturated heterocycles. The standard InChI is InChI=1S/C22H27N3O2/c23-22(27)20-12-6-14-25(20)16-18-10-4-11-19(15-18)24-21(26)13-5-9-17-7-2-1-3-8-17/h1-4,7-8,10-11,15,20H,5-6,9,12-14,16H2,(H2,23,27)(H,24,26)/t20-/m0/s1. The lowest BCUT2D eigenvalue weighted by atomic mass is 10.1. The van der Waals surface area contributed by atoms with Crippen molar-refractivity contribution in [3.63, 3.8) is 0 Å². The molecule has 2 amide bonds. The number of amides is 2. The number of nitrogens with zero attached hydrogens (tertiary/aromatic N) is 1. The summed E-state index contributed by atoms with van der Waals surface area (Å²) >= 11 is 0. The lowest BCUT2D eigenvalue weighted by molar-refractivity contribution is -0.122. The summed E-state index contributed by atoms with van der Waals surface area (Å²) in [6.07, 6.45) is 4.04. The fourth-order valence-corrected chi connectivity index (χ4v) is 3.64. The second-order valence-electron chi connectivity index (χ2n) is 7.12. The van der Waals surface area contributed by atoms with Crippen molar-refractivity contribution in [2.45, 2.75) is 44.7 Å². The minimum absolute atomic E-state index is 0.0271. The average Bonchev–Trinajstić information content (AvgIpc) is 3.11. The second kappa shape index (κ2) is 9.33. The average molecular weight is 365 g/mol. The van der Waals surface area contributed by atoms with Gasteiger partial charge in [-0.3, -0.25) is 14.5 Å². The Balaban J connectivity index is 1.49. The third-order valence-corrected chi connectivity index (χ3v) is 5.00. The zero-order chi connectivity index (χ0) is 19.1. The van der Waals surface area contributed by atoms with Gasteiger partial charge >= 0.3 is 0 Å². The Morgan fingerprint density at radius 2 is 1.85 bits per heavy atom. The molecule has 3 rings (SSSR count). The van der Waals surface area contributed by atoms with Crippen LogP contribution in [0.5, 0.6) is 0 Å². The molecular formula is C22H27N3O2. The van der Waals surface area contributed by atoms with Crippen molar-refractivity contribution in [3.05, 3.63) is 65.7 Å². The highest BCUT2D eigenvalue weighted by atomic mass is 16.2. The highest BCUT2D eigenvalue weighted by Gasteiger charge is 2.28. The number of likely N-dealkylation sites (tertiary alicyclic amines) is 1. The number of carbonyl (C=O) groups is 2. The van der Waals surface area contributed by atoms with Crippen molar-refractivity contribution in [1.29, 1.82) is 0 Å². The molecule has 1 aliphatic heterocycles. The van der Waals surface area contributed by atoms with Crippen molar-refractivity contribution in [3.8, 4) is 0 Å². The van der Waals surface area contributed by atoms with Gasteiger partial charge in [0.05, 0.1) is 6.04 Å². The van der Waals surface area contributed by atoms with E-state index in [1.54, 1.807) is 0 Å². The smallest absolute Gasteiger partial charge is 0.234 e. The molecule has 0 saturated carbocycles. The first-order chi connectivity index (χ1) is 13.1. The van der Waals surface area contributed by atoms with Crippen molar-refractivity contribution >= 4 is 17.5 Å². The number of hydrogen-bond donors (Lipinski definition) is 2. The number of nitrogens with one attached hydrogen (secondary N) is 1. The molecule has 3 N–H and O–H groups in total. The SMILES string of the molecule is NC(=O)[C@@H]1CCCN1Cc1cccc(NC(=O)CCCc2ccccc2)c1. The number of hydrogen-bond acceptors (Lipinski definition) is 3. The van der Waals surface area contributed by atoms with Gasteiger partial charge in [-0.2, -0.15) is 0 Å². The summed E-state index contributed by atoms with van der Waals surface area (Å²) < 4.78 is 0. The second-order valence-corrected chi connectivity index (χ2v) is 7.12. The molecule has 0 unspecified atom stereocenters. The summed E-state index contributed by atoms with van der Waals surface area (Å²) in [5.74, 6) is -0.227. The first-order valence-electron chi connectivity index (χ1n) is 9.58. The number of aryl methyl sites for hydroxylation is 1. The van der Waals surface area contributed by atoms with Crippen LogP contribution >= 0.6 is 0 Å². The van der Waals surface area contributed by atoms with Crippen LogP contribution in [0.4, 0.5) is 5.69 Å². The van der Waals surface area contributed by atoms with Crippen LogP contribution in [0.25, 0.3) is 0 Å². The van der Waals surface area contributed by atoms with Gasteiger partial charge in [0.15, 0.2) is 0 Å². The number of carbonyl (C=O) groups excluding carboxylic acids is 2. The van der Waals surface area contributed by atoms with Crippen LogP contribution in [0.3, 0.4) is 0 Å². The molecule has 27 heavy (non-hydrogen) atoms. The van der Waals surface area contributed by atoms with Gasteiger partial charge in [-0.25, -0.2) is 0 Å². The van der Waals surface area contributed by atoms with E-state index in [2.05, 4.69) is 22.3 Å². The Morgan fingerprint density at radius 3 is 2.63 bits per heavy atom. The molecule has 0 radical (unpaired) electrons. The quantitative estimate of drug-likeness (QED) is 0.755. The van der Waals surface area contributed by atoms with Crippen LogP contribution < -0.4 is 11.1 Å². The molecule has 0 aliphatic carbocycles. The maximum Gasteiger partial charge on any atom is 0.234 e. The van der Waals surface area contributed by atoms with E-state index >= 15 is 0 Å². The summed E-state index contributed by atoms with van der Waals surface area (Å²) in [7, 11) is 0. The van der Waals surface area contributed by atoms with Gasteiger partial charge in [0.25, 0.3) is 0 Å². The van der Waals surface area contributed by atoms with Gasteiger partial charge in [0.1, 0.15) is 0 Å². The van der Waals surface area contributed by atoms with E-state index in [0.29, 0.717) is 13.0 Å². The molecule has 1 heterocycles. The van der Waals surface area contributed by atoms with Crippen LogP contribution in [0.2, 0.25) is 0 Å². The van der Waals surface area contributed by atoms with Crippen molar-refractivity contribution in [1.82, 2.24) is 4.90 Å². The van der Waals surface area contributed by atoms with Crippen molar-refractivity contribution in [2.75, 3.05) is 11.9 Å². The number of primary amides is 1. The normalized spacial score (nSPS) is 17.0. The van der Waals surface area contributed by atoms with E-state index in [0.717, 1.165) is 43.5 Å². The molecule has 1 aliphatic rings. The Bertz CT molecular complexity index is 776. The zero-order valence-corrected chi connectivity index (χ0v) is 15.6. The van der Waals surface area contributed by atoms with Crippen LogP contribution in [0.1, 0.15) is 36.8 Å². The van der Waals surface area contributed by atoms with Crippen LogP contribution in [-0.4, -0.2) is 29.3 Å². The molecule has 2 aromatic rings. The van der Waals surface area contributed by atoms with Crippen LogP contribution in [0, 0.1) is 0 Å². The number of benzene rings is 2. The molecule has 142 valence electrons. The predicted octanol–water partition coefficient (Wildman–Crippen LogP) is 3.10. The fourth-order valence-electron chi connectivity index (χ4n) is 3.64.